The first-order valence-electron chi connectivity index (χ1n) is 6.37. The number of nitrogens with one attached hydrogen (secondary N) is 1. The number of piperidine rings is 1. The number of nitrogens with zero attached hydrogens (tertiary/aromatic N) is 1. The quantitative estimate of drug-likeness (QED) is 0.912. The molecule has 0 unspecified atom stereocenters. The number of carbonyl (C=O) groups is 1. The number of hydrogen-bond donors (Lipinski definition) is 1. The number of benzene rings is 1. The standard InChI is InChI=1S/C14H19BrN2O.ClH/c1-17(10-11-2-4-13(15)5-3-11)14(18)12-6-8-16-9-7-12;/h2-5,12,16H,6-10H2,1H3;1H. The molecule has 1 saturated heterocycles. The molecule has 0 bridgehead atoms. The lowest BCUT2D eigenvalue weighted by atomic mass is 9.96. The molecule has 5 heteroatoms. The maximum absolute atomic E-state index is 12.3. The zero-order valence-corrected chi connectivity index (χ0v) is 13.5. The van der Waals surface area contributed by atoms with Crippen LogP contribution in [0.2, 0.25) is 0 Å². The van der Waals surface area contributed by atoms with Gasteiger partial charge in [-0.05, 0) is 43.6 Å². The van der Waals surface area contributed by atoms with Crippen LogP contribution in [0.5, 0.6) is 0 Å². The van der Waals surface area contributed by atoms with Crippen molar-refractivity contribution >= 4 is 34.2 Å². The predicted octanol–water partition coefficient (Wildman–Crippen LogP) is 2.83. The fourth-order valence-electron chi connectivity index (χ4n) is 2.32. The van der Waals surface area contributed by atoms with Crippen molar-refractivity contribution in [2.24, 2.45) is 5.92 Å². The normalized spacial score (nSPS) is 15.7. The van der Waals surface area contributed by atoms with Gasteiger partial charge in [0.1, 0.15) is 0 Å². The Bertz CT molecular complexity index is 404. The van der Waals surface area contributed by atoms with Crippen LogP contribution in [0.1, 0.15) is 18.4 Å². The lowest BCUT2D eigenvalue weighted by Gasteiger charge is -2.27. The van der Waals surface area contributed by atoms with E-state index in [2.05, 4.69) is 33.4 Å². The Labute approximate surface area is 129 Å². The van der Waals surface area contributed by atoms with Crippen LogP contribution >= 0.6 is 28.3 Å². The van der Waals surface area contributed by atoms with E-state index in [1.54, 1.807) is 0 Å². The number of hydrogen-bond acceptors (Lipinski definition) is 2. The molecule has 3 nitrogen and oxygen atoms in total. The summed E-state index contributed by atoms with van der Waals surface area (Å²) in [5, 5.41) is 3.29. The minimum absolute atomic E-state index is 0. The van der Waals surface area contributed by atoms with E-state index in [1.807, 2.05) is 24.1 Å². The van der Waals surface area contributed by atoms with Gasteiger partial charge in [-0.1, -0.05) is 28.1 Å². The summed E-state index contributed by atoms with van der Waals surface area (Å²) in [6, 6.07) is 8.13. The molecule has 1 amide bonds. The van der Waals surface area contributed by atoms with Gasteiger partial charge in [0, 0.05) is 24.0 Å². The molecule has 0 aliphatic carbocycles. The molecular weight excluding hydrogens is 328 g/mol. The van der Waals surface area contributed by atoms with E-state index in [0.29, 0.717) is 6.54 Å². The van der Waals surface area contributed by atoms with Gasteiger partial charge >= 0.3 is 0 Å². The Hall–Kier alpha value is -0.580. The monoisotopic (exact) mass is 346 g/mol. The highest BCUT2D eigenvalue weighted by atomic mass is 79.9. The maximum atomic E-state index is 12.3. The topological polar surface area (TPSA) is 32.3 Å². The summed E-state index contributed by atoms with van der Waals surface area (Å²) < 4.78 is 1.07. The Kier molecular flexibility index (Phi) is 6.83. The van der Waals surface area contributed by atoms with E-state index in [-0.39, 0.29) is 24.2 Å². The Morgan fingerprint density at radius 3 is 2.47 bits per heavy atom. The summed E-state index contributed by atoms with van der Waals surface area (Å²) >= 11 is 3.42. The lowest BCUT2D eigenvalue weighted by Crippen LogP contribution is -2.38. The van der Waals surface area contributed by atoms with Crippen molar-refractivity contribution in [3.63, 3.8) is 0 Å². The molecule has 1 aliphatic rings. The first-order valence-corrected chi connectivity index (χ1v) is 7.16. The van der Waals surface area contributed by atoms with Gasteiger partial charge in [-0.25, -0.2) is 0 Å². The third-order valence-corrected chi connectivity index (χ3v) is 3.93. The van der Waals surface area contributed by atoms with Gasteiger partial charge in [0.2, 0.25) is 5.91 Å². The van der Waals surface area contributed by atoms with Crippen LogP contribution in [0.15, 0.2) is 28.7 Å². The van der Waals surface area contributed by atoms with Gasteiger partial charge in [-0.3, -0.25) is 4.79 Å². The van der Waals surface area contributed by atoms with Crippen molar-refractivity contribution in [1.29, 1.82) is 0 Å². The van der Waals surface area contributed by atoms with E-state index < -0.39 is 0 Å². The van der Waals surface area contributed by atoms with Gasteiger partial charge in [0.25, 0.3) is 0 Å². The summed E-state index contributed by atoms with van der Waals surface area (Å²) in [5.41, 5.74) is 1.17. The first-order chi connectivity index (χ1) is 8.66. The second-order valence-corrected chi connectivity index (χ2v) is 5.76. The van der Waals surface area contributed by atoms with E-state index in [0.717, 1.165) is 30.4 Å². The van der Waals surface area contributed by atoms with Crippen molar-refractivity contribution in [3.05, 3.63) is 34.3 Å². The van der Waals surface area contributed by atoms with Crippen LogP contribution in [-0.4, -0.2) is 30.9 Å². The van der Waals surface area contributed by atoms with Crippen molar-refractivity contribution in [3.8, 4) is 0 Å². The van der Waals surface area contributed by atoms with Crippen LogP contribution < -0.4 is 5.32 Å². The molecule has 2 rings (SSSR count). The average molecular weight is 348 g/mol. The molecule has 1 aromatic rings. The second-order valence-electron chi connectivity index (χ2n) is 4.85. The highest BCUT2D eigenvalue weighted by Gasteiger charge is 2.23. The molecule has 0 aromatic heterocycles. The Morgan fingerprint density at radius 1 is 1.32 bits per heavy atom. The summed E-state index contributed by atoms with van der Waals surface area (Å²) in [7, 11) is 1.90. The number of amides is 1. The third-order valence-electron chi connectivity index (χ3n) is 3.40. The molecule has 106 valence electrons. The molecule has 0 saturated carbocycles. The molecule has 1 heterocycles. The minimum atomic E-state index is 0. The minimum Gasteiger partial charge on any atom is -0.341 e. The molecule has 0 radical (unpaired) electrons. The second kappa shape index (κ2) is 7.88. The van der Waals surface area contributed by atoms with E-state index in [1.165, 1.54) is 5.56 Å². The SMILES string of the molecule is CN(Cc1ccc(Br)cc1)C(=O)C1CCNCC1.Cl. The molecule has 1 N–H and O–H groups in total. The van der Waals surface area contributed by atoms with Gasteiger partial charge in [-0.2, -0.15) is 0 Å². The zero-order valence-electron chi connectivity index (χ0n) is 11.1. The molecule has 1 fully saturated rings. The first kappa shape index (κ1) is 16.5. The molecule has 19 heavy (non-hydrogen) atoms. The van der Waals surface area contributed by atoms with Crippen molar-refractivity contribution in [2.45, 2.75) is 19.4 Å². The smallest absolute Gasteiger partial charge is 0.225 e. The highest BCUT2D eigenvalue weighted by molar-refractivity contribution is 9.10. The van der Waals surface area contributed by atoms with E-state index in [4.69, 9.17) is 0 Å². The van der Waals surface area contributed by atoms with Crippen LogP contribution in [-0.2, 0) is 11.3 Å². The van der Waals surface area contributed by atoms with Crippen LogP contribution in [0.3, 0.4) is 0 Å². The summed E-state index contributed by atoms with van der Waals surface area (Å²) in [4.78, 5) is 14.1. The average Bonchev–Trinajstić information content (AvgIpc) is 2.41. The number of halogens is 2. The van der Waals surface area contributed by atoms with E-state index >= 15 is 0 Å². The maximum Gasteiger partial charge on any atom is 0.225 e. The lowest BCUT2D eigenvalue weighted by molar-refractivity contribution is -0.135. The largest absolute Gasteiger partial charge is 0.341 e. The number of carbonyl (C=O) groups excluding carboxylic acids is 1. The zero-order chi connectivity index (χ0) is 13.0. The summed E-state index contributed by atoms with van der Waals surface area (Å²) in [6.45, 7) is 2.61. The van der Waals surface area contributed by atoms with Gasteiger partial charge in [0.15, 0.2) is 0 Å². The highest BCUT2D eigenvalue weighted by Crippen LogP contribution is 2.17. The Morgan fingerprint density at radius 2 is 1.89 bits per heavy atom. The van der Waals surface area contributed by atoms with Crippen molar-refractivity contribution in [1.82, 2.24) is 10.2 Å². The van der Waals surface area contributed by atoms with Crippen molar-refractivity contribution < 1.29 is 4.79 Å². The van der Waals surface area contributed by atoms with Crippen LogP contribution in [0.4, 0.5) is 0 Å². The molecule has 1 aromatic carbocycles. The fourth-order valence-corrected chi connectivity index (χ4v) is 2.59. The molecule has 1 aliphatic heterocycles. The molecule has 0 spiro atoms. The van der Waals surface area contributed by atoms with Gasteiger partial charge in [0.05, 0.1) is 0 Å². The number of rotatable bonds is 3. The summed E-state index contributed by atoms with van der Waals surface area (Å²) in [6.07, 6.45) is 1.92. The van der Waals surface area contributed by atoms with Crippen LogP contribution in [0, 0.1) is 5.92 Å². The Balaban J connectivity index is 0.00000180. The van der Waals surface area contributed by atoms with Gasteiger partial charge in [-0.15, -0.1) is 12.4 Å². The van der Waals surface area contributed by atoms with E-state index in [9.17, 15) is 4.79 Å². The molecular formula is C14H20BrClN2O. The third kappa shape index (κ3) is 4.79. The van der Waals surface area contributed by atoms with Crippen molar-refractivity contribution in [2.75, 3.05) is 20.1 Å². The molecule has 0 atom stereocenters. The van der Waals surface area contributed by atoms with Gasteiger partial charge < -0.3 is 10.2 Å². The fraction of sp³-hybridized carbons (Fsp3) is 0.500. The summed E-state index contributed by atoms with van der Waals surface area (Å²) in [5.74, 6) is 0.478. The predicted molar refractivity (Wildman–Crippen MR) is 83.5 cm³/mol. The van der Waals surface area contributed by atoms with Crippen LogP contribution in [0.25, 0.3) is 0 Å².